The lowest BCUT2D eigenvalue weighted by molar-refractivity contribution is 0.619. The Morgan fingerprint density at radius 2 is 1.83 bits per heavy atom. The molecule has 0 spiro atoms. The molecule has 94 valence electrons. The molecule has 0 bridgehead atoms. The van der Waals surface area contributed by atoms with E-state index in [1.807, 2.05) is 24.3 Å². The van der Waals surface area contributed by atoms with Gasteiger partial charge in [-0.2, -0.15) is 0 Å². The Morgan fingerprint density at radius 1 is 1.17 bits per heavy atom. The van der Waals surface area contributed by atoms with Crippen molar-refractivity contribution in [2.24, 2.45) is 5.73 Å². The van der Waals surface area contributed by atoms with Gasteiger partial charge in [0.1, 0.15) is 5.82 Å². The minimum absolute atomic E-state index is 0.125. The lowest BCUT2D eigenvalue weighted by Crippen LogP contribution is -2.13. The van der Waals surface area contributed by atoms with E-state index in [0.29, 0.717) is 6.42 Å². The van der Waals surface area contributed by atoms with Gasteiger partial charge < -0.3 is 5.73 Å². The van der Waals surface area contributed by atoms with Gasteiger partial charge in [0.05, 0.1) is 5.02 Å². The first-order chi connectivity index (χ1) is 8.56. The molecule has 0 saturated heterocycles. The van der Waals surface area contributed by atoms with Gasteiger partial charge in [-0.1, -0.05) is 29.8 Å². The molecular formula is C14H12ClFIN. The van der Waals surface area contributed by atoms with E-state index in [9.17, 15) is 4.39 Å². The van der Waals surface area contributed by atoms with Gasteiger partial charge in [-0.05, 0) is 64.4 Å². The zero-order chi connectivity index (χ0) is 13.1. The van der Waals surface area contributed by atoms with Crippen molar-refractivity contribution in [2.45, 2.75) is 12.5 Å². The summed E-state index contributed by atoms with van der Waals surface area (Å²) in [5, 5.41) is 0.125. The minimum Gasteiger partial charge on any atom is -0.324 e. The average molecular weight is 376 g/mol. The van der Waals surface area contributed by atoms with Gasteiger partial charge in [-0.15, -0.1) is 0 Å². The molecule has 0 radical (unpaired) electrons. The maximum absolute atomic E-state index is 13.3. The molecule has 2 N–H and O–H groups in total. The highest BCUT2D eigenvalue weighted by molar-refractivity contribution is 14.1. The summed E-state index contributed by atoms with van der Waals surface area (Å²) >= 11 is 7.90. The van der Waals surface area contributed by atoms with Gasteiger partial charge >= 0.3 is 0 Å². The van der Waals surface area contributed by atoms with Crippen molar-refractivity contribution < 1.29 is 4.39 Å². The largest absolute Gasteiger partial charge is 0.324 e. The zero-order valence-electron chi connectivity index (χ0n) is 9.54. The number of hydrogen-bond acceptors (Lipinski definition) is 1. The van der Waals surface area contributed by atoms with Crippen LogP contribution in [0, 0.1) is 9.39 Å². The van der Waals surface area contributed by atoms with E-state index in [2.05, 4.69) is 22.6 Å². The first-order valence-electron chi connectivity index (χ1n) is 5.51. The smallest absolute Gasteiger partial charge is 0.142 e. The van der Waals surface area contributed by atoms with Crippen LogP contribution in [0.5, 0.6) is 0 Å². The van der Waals surface area contributed by atoms with Gasteiger partial charge in [0.15, 0.2) is 0 Å². The van der Waals surface area contributed by atoms with Crippen LogP contribution in [0.2, 0.25) is 5.02 Å². The number of rotatable bonds is 3. The summed E-state index contributed by atoms with van der Waals surface area (Å²) in [5.41, 5.74) is 7.97. The highest BCUT2D eigenvalue weighted by atomic mass is 127. The Morgan fingerprint density at radius 3 is 2.44 bits per heavy atom. The Kier molecular flexibility index (Phi) is 4.59. The maximum atomic E-state index is 13.3. The van der Waals surface area contributed by atoms with Gasteiger partial charge in [0.25, 0.3) is 0 Å². The molecule has 0 aliphatic heterocycles. The van der Waals surface area contributed by atoms with Gasteiger partial charge in [0.2, 0.25) is 0 Å². The normalized spacial score (nSPS) is 12.4. The van der Waals surface area contributed by atoms with E-state index >= 15 is 0 Å². The van der Waals surface area contributed by atoms with Crippen LogP contribution in [0.3, 0.4) is 0 Å². The Bertz CT molecular complexity index is 542. The van der Waals surface area contributed by atoms with Crippen molar-refractivity contribution in [3.63, 3.8) is 0 Å². The second-order valence-corrected chi connectivity index (χ2v) is 5.76. The summed E-state index contributed by atoms with van der Waals surface area (Å²) in [6.07, 6.45) is 0.679. The van der Waals surface area contributed by atoms with Gasteiger partial charge in [0, 0.05) is 9.61 Å². The molecule has 1 atom stereocenters. The van der Waals surface area contributed by atoms with Crippen molar-refractivity contribution in [2.75, 3.05) is 0 Å². The molecule has 2 rings (SSSR count). The summed E-state index contributed by atoms with van der Waals surface area (Å²) in [5.74, 6) is -0.424. The molecule has 1 nitrogen and oxygen atoms in total. The SMILES string of the molecule is NC(Cc1ccc(I)cc1)c1ccc(Cl)c(F)c1. The fraction of sp³-hybridized carbons (Fsp3) is 0.143. The number of hydrogen-bond donors (Lipinski definition) is 1. The van der Waals surface area contributed by atoms with Crippen LogP contribution in [-0.2, 0) is 6.42 Å². The second kappa shape index (κ2) is 5.99. The van der Waals surface area contributed by atoms with Crippen molar-refractivity contribution in [3.8, 4) is 0 Å². The monoisotopic (exact) mass is 375 g/mol. The summed E-state index contributed by atoms with van der Waals surface area (Å²) in [6, 6.07) is 12.6. The lowest BCUT2D eigenvalue weighted by Gasteiger charge is -2.12. The van der Waals surface area contributed by atoms with Crippen LogP contribution in [0.25, 0.3) is 0 Å². The predicted octanol–water partition coefficient (Wildman–Crippen LogP) is 4.33. The van der Waals surface area contributed by atoms with E-state index in [0.717, 1.165) is 11.1 Å². The standard InChI is InChI=1S/C14H12ClFIN/c15-12-6-3-10(8-13(12)16)14(18)7-9-1-4-11(17)5-2-9/h1-6,8,14H,7,18H2. The highest BCUT2D eigenvalue weighted by Crippen LogP contribution is 2.21. The van der Waals surface area contributed by atoms with Crippen LogP contribution in [0.4, 0.5) is 4.39 Å². The molecule has 1 unspecified atom stereocenters. The molecule has 0 fully saturated rings. The quantitative estimate of drug-likeness (QED) is 0.794. The van der Waals surface area contributed by atoms with Crippen molar-refractivity contribution in [1.29, 1.82) is 0 Å². The van der Waals surface area contributed by atoms with Gasteiger partial charge in [-0.25, -0.2) is 4.39 Å². The third kappa shape index (κ3) is 3.43. The fourth-order valence-electron chi connectivity index (χ4n) is 1.74. The first kappa shape index (κ1) is 13.8. The summed E-state index contributed by atoms with van der Waals surface area (Å²) < 4.78 is 14.5. The molecule has 2 aromatic rings. The lowest BCUT2D eigenvalue weighted by atomic mass is 10.00. The molecule has 0 amide bonds. The zero-order valence-corrected chi connectivity index (χ0v) is 12.5. The van der Waals surface area contributed by atoms with Crippen molar-refractivity contribution in [1.82, 2.24) is 0 Å². The topological polar surface area (TPSA) is 26.0 Å². The Balaban J connectivity index is 2.13. The molecule has 2 aromatic carbocycles. The molecule has 4 heteroatoms. The van der Waals surface area contributed by atoms with Gasteiger partial charge in [-0.3, -0.25) is 0 Å². The number of nitrogens with two attached hydrogens (primary N) is 1. The summed E-state index contributed by atoms with van der Waals surface area (Å²) in [4.78, 5) is 0. The molecular weight excluding hydrogens is 364 g/mol. The number of benzene rings is 2. The fourth-order valence-corrected chi connectivity index (χ4v) is 2.21. The third-order valence-electron chi connectivity index (χ3n) is 2.74. The Labute approximate surface area is 124 Å². The molecule has 0 saturated carbocycles. The minimum atomic E-state index is -0.424. The first-order valence-corrected chi connectivity index (χ1v) is 6.97. The average Bonchev–Trinajstić information content (AvgIpc) is 2.35. The Hall–Kier alpha value is -0.650. The van der Waals surface area contributed by atoms with Crippen molar-refractivity contribution >= 4 is 34.2 Å². The van der Waals surface area contributed by atoms with Crippen LogP contribution in [-0.4, -0.2) is 0 Å². The predicted molar refractivity (Wildman–Crippen MR) is 81.2 cm³/mol. The molecule has 0 heterocycles. The van der Waals surface area contributed by atoms with Crippen LogP contribution >= 0.6 is 34.2 Å². The van der Waals surface area contributed by atoms with E-state index in [1.54, 1.807) is 12.1 Å². The molecule has 0 aliphatic carbocycles. The van der Waals surface area contributed by atoms with E-state index < -0.39 is 5.82 Å². The molecule has 0 aromatic heterocycles. The maximum Gasteiger partial charge on any atom is 0.142 e. The van der Waals surface area contributed by atoms with E-state index in [1.165, 1.54) is 9.64 Å². The van der Waals surface area contributed by atoms with Crippen molar-refractivity contribution in [3.05, 3.63) is 68.0 Å². The molecule has 0 aliphatic rings. The second-order valence-electron chi connectivity index (χ2n) is 4.11. The van der Waals surface area contributed by atoms with Crippen LogP contribution in [0.1, 0.15) is 17.2 Å². The summed E-state index contributed by atoms with van der Waals surface area (Å²) in [7, 11) is 0. The summed E-state index contributed by atoms with van der Waals surface area (Å²) in [6.45, 7) is 0. The van der Waals surface area contributed by atoms with E-state index in [-0.39, 0.29) is 11.1 Å². The number of halogens is 3. The van der Waals surface area contributed by atoms with Crippen LogP contribution < -0.4 is 5.73 Å². The molecule has 18 heavy (non-hydrogen) atoms. The van der Waals surface area contributed by atoms with Crippen LogP contribution in [0.15, 0.2) is 42.5 Å². The third-order valence-corrected chi connectivity index (χ3v) is 3.77. The highest BCUT2D eigenvalue weighted by Gasteiger charge is 2.09. The van der Waals surface area contributed by atoms with E-state index in [4.69, 9.17) is 17.3 Å².